The van der Waals surface area contributed by atoms with Crippen molar-refractivity contribution in [1.29, 1.82) is 0 Å². The van der Waals surface area contributed by atoms with Gasteiger partial charge >= 0.3 is 0 Å². The molecule has 1 radical (unpaired) electrons. The monoisotopic (exact) mass is 429 g/mol. The lowest BCUT2D eigenvalue weighted by atomic mass is 9.85. The number of benzene rings is 4. The fourth-order valence-electron chi connectivity index (χ4n) is 4.79. The van der Waals surface area contributed by atoms with Gasteiger partial charge in [0.05, 0.1) is 0 Å². The average Bonchev–Trinajstić information content (AvgIpc) is 3.15. The first-order valence-electron chi connectivity index (χ1n) is 12.0. The third kappa shape index (κ3) is 4.15. The summed E-state index contributed by atoms with van der Waals surface area (Å²) >= 11 is 0. The van der Waals surface area contributed by atoms with Gasteiger partial charge in [0, 0.05) is 0 Å². The van der Waals surface area contributed by atoms with Gasteiger partial charge in [0.2, 0.25) is 0 Å². The second kappa shape index (κ2) is 7.73. The summed E-state index contributed by atoms with van der Waals surface area (Å²) in [6.45, 7) is 13.6. The molecule has 0 aromatic heterocycles. The van der Waals surface area contributed by atoms with E-state index in [1.54, 1.807) is 0 Å². The van der Waals surface area contributed by atoms with Crippen molar-refractivity contribution < 1.29 is 0 Å². The normalized spacial score (nSPS) is 13.0. The van der Waals surface area contributed by atoms with Gasteiger partial charge in [0.25, 0.3) is 0 Å². The van der Waals surface area contributed by atoms with E-state index in [1.807, 2.05) is 0 Å². The average molecular weight is 430 g/mol. The van der Waals surface area contributed by atoms with Crippen LogP contribution < -0.4 is 0 Å². The van der Waals surface area contributed by atoms with Crippen molar-refractivity contribution in [2.24, 2.45) is 0 Å². The lowest BCUT2D eigenvalue weighted by Gasteiger charge is -2.20. The van der Waals surface area contributed by atoms with E-state index in [9.17, 15) is 0 Å². The van der Waals surface area contributed by atoms with E-state index in [0.29, 0.717) is 0 Å². The molecule has 1 aliphatic carbocycles. The van der Waals surface area contributed by atoms with E-state index in [1.165, 1.54) is 55.6 Å². The minimum Gasteiger partial charge on any atom is -0.0614 e. The molecule has 0 fully saturated rings. The van der Waals surface area contributed by atoms with Crippen LogP contribution in [0.3, 0.4) is 0 Å². The molecule has 0 heteroatoms. The molecule has 0 aliphatic heterocycles. The molecule has 165 valence electrons. The van der Waals surface area contributed by atoms with Gasteiger partial charge in [-0.05, 0) is 79.0 Å². The molecule has 0 saturated carbocycles. The summed E-state index contributed by atoms with van der Waals surface area (Å²) in [5.41, 5.74) is 13.5. The standard InChI is InChI=1S/C33H33/c1-32(2,3)28-11-7-9-22(20-28)24-13-15-30-26(17-24)19-27-18-25(14-16-31(27)30)23-10-8-12-29(21-23)33(4,5)6/h7-17,20-21H,19H2,1-6H3. The van der Waals surface area contributed by atoms with Crippen molar-refractivity contribution in [1.82, 2.24) is 0 Å². The maximum atomic E-state index is 3.76. The maximum absolute atomic E-state index is 3.76. The molecular weight excluding hydrogens is 396 g/mol. The Morgan fingerprint density at radius 1 is 0.576 bits per heavy atom. The Balaban J connectivity index is 1.48. The van der Waals surface area contributed by atoms with E-state index in [4.69, 9.17) is 0 Å². The quantitative estimate of drug-likeness (QED) is 0.263. The first-order chi connectivity index (χ1) is 15.6. The zero-order chi connectivity index (χ0) is 23.4. The second-order valence-corrected chi connectivity index (χ2v) is 11.5. The summed E-state index contributed by atoms with van der Waals surface area (Å²) in [6, 6.07) is 33.1. The summed E-state index contributed by atoms with van der Waals surface area (Å²) in [5, 5.41) is 0. The van der Waals surface area contributed by atoms with Crippen LogP contribution in [0.25, 0.3) is 33.4 Å². The Hall–Kier alpha value is -3.12. The highest BCUT2D eigenvalue weighted by atomic mass is 14.2. The molecule has 0 saturated heterocycles. The van der Waals surface area contributed by atoms with Crippen LogP contribution in [-0.4, -0.2) is 0 Å². The Labute approximate surface area is 199 Å². The van der Waals surface area contributed by atoms with Crippen LogP contribution in [0.1, 0.15) is 63.8 Å². The first-order valence-corrected chi connectivity index (χ1v) is 12.0. The van der Waals surface area contributed by atoms with Gasteiger partial charge in [-0.1, -0.05) is 120 Å². The molecule has 0 amide bonds. The minimum atomic E-state index is 0.143. The molecule has 0 heterocycles. The van der Waals surface area contributed by atoms with Crippen LogP contribution in [0.5, 0.6) is 0 Å². The highest BCUT2D eigenvalue weighted by Crippen LogP contribution is 2.40. The third-order valence-corrected chi connectivity index (χ3v) is 6.89. The lowest BCUT2D eigenvalue weighted by molar-refractivity contribution is 0.590. The molecule has 0 nitrogen and oxygen atoms in total. The number of hydrogen-bond acceptors (Lipinski definition) is 0. The highest BCUT2D eigenvalue weighted by molar-refractivity contribution is 5.82. The second-order valence-electron chi connectivity index (χ2n) is 11.5. The van der Waals surface area contributed by atoms with Crippen LogP contribution >= 0.6 is 0 Å². The van der Waals surface area contributed by atoms with Crippen molar-refractivity contribution >= 4 is 0 Å². The Morgan fingerprint density at radius 2 is 1.15 bits per heavy atom. The molecule has 0 bridgehead atoms. The summed E-state index contributed by atoms with van der Waals surface area (Å²) in [4.78, 5) is 0. The van der Waals surface area contributed by atoms with Gasteiger partial charge in [-0.3, -0.25) is 0 Å². The van der Waals surface area contributed by atoms with E-state index < -0.39 is 0 Å². The fourth-order valence-corrected chi connectivity index (χ4v) is 4.79. The van der Waals surface area contributed by atoms with Gasteiger partial charge in [-0.2, -0.15) is 0 Å². The van der Waals surface area contributed by atoms with Crippen LogP contribution in [0.2, 0.25) is 0 Å². The largest absolute Gasteiger partial charge is 0.0614 e. The summed E-state index contributed by atoms with van der Waals surface area (Å²) in [5.74, 6) is 0. The van der Waals surface area contributed by atoms with Crippen molar-refractivity contribution in [3.05, 3.63) is 107 Å². The molecular formula is C33H33. The van der Waals surface area contributed by atoms with Crippen molar-refractivity contribution in [2.75, 3.05) is 0 Å². The van der Waals surface area contributed by atoms with Crippen molar-refractivity contribution in [2.45, 2.75) is 58.8 Å². The molecule has 0 unspecified atom stereocenters. The van der Waals surface area contributed by atoms with Gasteiger partial charge in [-0.25, -0.2) is 0 Å². The number of hydrogen-bond donors (Lipinski definition) is 0. The van der Waals surface area contributed by atoms with Gasteiger partial charge in [-0.15, -0.1) is 0 Å². The van der Waals surface area contributed by atoms with E-state index in [2.05, 4.69) is 126 Å². The van der Waals surface area contributed by atoms with Crippen molar-refractivity contribution in [3.8, 4) is 33.4 Å². The summed E-state index contributed by atoms with van der Waals surface area (Å²) < 4.78 is 0. The first kappa shape index (κ1) is 21.7. The van der Waals surface area contributed by atoms with Gasteiger partial charge < -0.3 is 0 Å². The molecule has 4 aromatic rings. The van der Waals surface area contributed by atoms with Crippen LogP contribution in [0.15, 0.2) is 78.9 Å². The summed E-state index contributed by atoms with van der Waals surface area (Å²) in [7, 11) is 0. The summed E-state index contributed by atoms with van der Waals surface area (Å²) in [6.07, 6.45) is 0.949. The van der Waals surface area contributed by atoms with E-state index in [0.717, 1.165) is 6.42 Å². The Bertz CT molecular complexity index is 1230. The van der Waals surface area contributed by atoms with Crippen LogP contribution in [-0.2, 0) is 17.3 Å². The smallest absolute Gasteiger partial charge is 0.000684 e. The molecule has 4 aromatic carbocycles. The molecule has 1 aliphatic rings. The Kier molecular flexibility index (Phi) is 5.09. The topological polar surface area (TPSA) is 0 Å². The van der Waals surface area contributed by atoms with Crippen molar-refractivity contribution in [3.63, 3.8) is 0 Å². The zero-order valence-corrected chi connectivity index (χ0v) is 20.7. The molecule has 0 spiro atoms. The van der Waals surface area contributed by atoms with Crippen LogP contribution in [0, 0.1) is 6.07 Å². The number of rotatable bonds is 2. The minimum absolute atomic E-state index is 0.143. The van der Waals surface area contributed by atoms with Gasteiger partial charge in [0.1, 0.15) is 0 Å². The molecule has 0 atom stereocenters. The fraction of sp³-hybridized carbons (Fsp3) is 0.273. The SMILES string of the molecule is CC(C)(C)c1cccc(-c2[c]c3c(cc2)-c2ccc(-c4cccc(C(C)(C)C)c4)cc2C3)c1. The molecule has 0 N–H and O–H groups in total. The molecule has 5 rings (SSSR count). The predicted octanol–water partition coefficient (Wildman–Crippen LogP) is 8.99. The third-order valence-electron chi connectivity index (χ3n) is 6.89. The molecule has 33 heavy (non-hydrogen) atoms. The zero-order valence-electron chi connectivity index (χ0n) is 20.7. The Morgan fingerprint density at radius 3 is 1.82 bits per heavy atom. The van der Waals surface area contributed by atoms with E-state index in [-0.39, 0.29) is 10.8 Å². The highest BCUT2D eigenvalue weighted by Gasteiger charge is 2.21. The number of fused-ring (bicyclic) bond motifs is 3. The van der Waals surface area contributed by atoms with Gasteiger partial charge in [0.15, 0.2) is 0 Å². The van der Waals surface area contributed by atoms with E-state index >= 15 is 0 Å². The lowest BCUT2D eigenvalue weighted by Crippen LogP contribution is -2.10. The van der Waals surface area contributed by atoms with Crippen LogP contribution in [0.4, 0.5) is 0 Å². The maximum Gasteiger partial charge on any atom is -0.000684 e. The predicted molar refractivity (Wildman–Crippen MR) is 142 cm³/mol.